The highest BCUT2D eigenvalue weighted by Gasteiger charge is 2.24. The first kappa shape index (κ1) is 33.7. The van der Waals surface area contributed by atoms with E-state index in [4.69, 9.17) is 20.7 Å². The molecule has 10 heteroatoms. The Bertz CT molecular complexity index is 1470. The number of ether oxygens (including phenoxy) is 1. The Morgan fingerprint density at radius 1 is 0.956 bits per heavy atom. The number of nitrogens with one attached hydrogen (secondary N) is 1. The van der Waals surface area contributed by atoms with E-state index in [0.29, 0.717) is 35.8 Å². The second-order valence-corrected chi connectivity index (χ2v) is 11.9. The molecule has 1 amide bonds. The van der Waals surface area contributed by atoms with Crippen LogP contribution in [-0.2, 0) is 11.8 Å². The van der Waals surface area contributed by atoms with Gasteiger partial charge in [0.25, 0.3) is 5.56 Å². The summed E-state index contributed by atoms with van der Waals surface area (Å²) in [5.74, 6) is 1.08. The number of hydrogen-bond acceptors (Lipinski definition) is 8. The fourth-order valence-corrected chi connectivity index (χ4v) is 5.73. The average molecular weight is 615 g/mol. The standard InChI is InChI=1S/C35H46N6O4/c1-40-34(43)32(33(28-14-12-26(25-36)13-15-28)38-35(40)41-22-20-29(37)21-23-41)27-16-18-30(19-17-27)45-24-10-8-6-4-2-3-5-7-9-11-31(42)39-44/h12-19,29,44H,2-11,20-24,37H2,1H3,(H,39,42). The molecule has 0 atom stereocenters. The number of benzene rings is 2. The Labute approximate surface area is 265 Å². The first-order chi connectivity index (χ1) is 21.9. The van der Waals surface area contributed by atoms with E-state index in [2.05, 4.69) is 11.0 Å². The van der Waals surface area contributed by atoms with Gasteiger partial charge < -0.3 is 15.4 Å². The van der Waals surface area contributed by atoms with Gasteiger partial charge in [-0.2, -0.15) is 5.26 Å². The molecule has 240 valence electrons. The van der Waals surface area contributed by atoms with Crippen molar-refractivity contribution in [2.45, 2.75) is 83.1 Å². The normalized spacial score (nSPS) is 13.4. The van der Waals surface area contributed by atoms with Crippen molar-refractivity contribution in [2.75, 3.05) is 24.6 Å². The summed E-state index contributed by atoms with van der Waals surface area (Å²) in [4.78, 5) is 32.1. The summed E-state index contributed by atoms with van der Waals surface area (Å²) >= 11 is 0. The van der Waals surface area contributed by atoms with Gasteiger partial charge in [-0.05, 0) is 55.5 Å². The molecular weight excluding hydrogens is 568 g/mol. The van der Waals surface area contributed by atoms with E-state index in [1.165, 1.54) is 25.7 Å². The number of carbonyl (C=O) groups excluding carboxylic acids is 1. The van der Waals surface area contributed by atoms with Gasteiger partial charge in [-0.1, -0.05) is 69.2 Å². The fourth-order valence-electron chi connectivity index (χ4n) is 5.73. The Morgan fingerprint density at radius 3 is 2.13 bits per heavy atom. The zero-order valence-electron chi connectivity index (χ0n) is 26.3. The number of hydroxylamine groups is 1. The van der Waals surface area contributed by atoms with E-state index in [1.807, 2.05) is 36.4 Å². The van der Waals surface area contributed by atoms with Crippen LogP contribution >= 0.6 is 0 Å². The second kappa shape index (κ2) is 17.3. The van der Waals surface area contributed by atoms with Crippen LogP contribution in [0, 0.1) is 11.3 Å². The molecule has 2 heterocycles. The average Bonchev–Trinajstić information content (AvgIpc) is 3.07. The van der Waals surface area contributed by atoms with Crippen LogP contribution in [0.1, 0.15) is 82.6 Å². The van der Waals surface area contributed by atoms with Gasteiger partial charge in [0.1, 0.15) is 5.75 Å². The SMILES string of the molecule is Cn1c(N2CCC(N)CC2)nc(-c2ccc(C#N)cc2)c(-c2ccc(OCCCCCCCCCCCC(=O)NO)cc2)c1=O. The summed E-state index contributed by atoms with van der Waals surface area (Å²) in [5.41, 5.74) is 10.9. The summed E-state index contributed by atoms with van der Waals surface area (Å²) in [6, 6.07) is 17.1. The Balaban J connectivity index is 1.34. The molecule has 0 unspecified atom stereocenters. The third kappa shape index (κ3) is 9.64. The van der Waals surface area contributed by atoms with Crippen LogP contribution in [0.25, 0.3) is 22.4 Å². The molecule has 10 nitrogen and oxygen atoms in total. The number of nitriles is 1. The van der Waals surface area contributed by atoms with Crippen molar-refractivity contribution in [1.82, 2.24) is 15.0 Å². The number of nitrogens with two attached hydrogens (primary N) is 1. The molecule has 1 aliphatic rings. The van der Waals surface area contributed by atoms with Crippen molar-refractivity contribution in [2.24, 2.45) is 12.8 Å². The molecule has 0 aliphatic carbocycles. The van der Waals surface area contributed by atoms with Crippen molar-refractivity contribution in [1.29, 1.82) is 5.26 Å². The van der Waals surface area contributed by atoms with E-state index >= 15 is 0 Å². The molecule has 1 saturated heterocycles. The lowest BCUT2D eigenvalue weighted by Gasteiger charge is -2.32. The summed E-state index contributed by atoms with van der Waals surface area (Å²) < 4.78 is 7.63. The lowest BCUT2D eigenvalue weighted by Crippen LogP contribution is -2.42. The molecule has 1 fully saturated rings. The summed E-state index contributed by atoms with van der Waals surface area (Å²) in [6.45, 7) is 2.13. The summed E-state index contributed by atoms with van der Waals surface area (Å²) in [7, 11) is 1.77. The minimum absolute atomic E-state index is 0.128. The predicted octanol–water partition coefficient (Wildman–Crippen LogP) is 5.70. The van der Waals surface area contributed by atoms with Crippen LogP contribution in [0.5, 0.6) is 5.75 Å². The number of rotatable bonds is 16. The number of anilines is 1. The van der Waals surface area contributed by atoms with E-state index in [0.717, 1.165) is 74.9 Å². The molecule has 4 N–H and O–H groups in total. The largest absolute Gasteiger partial charge is 0.494 e. The lowest BCUT2D eigenvalue weighted by molar-refractivity contribution is -0.129. The van der Waals surface area contributed by atoms with E-state index < -0.39 is 0 Å². The second-order valence-electron chi connectivity index (χ2n) is 11.9. The first-order valence-corrected chi connectivity index (χ1v) is 16.2. The summed E-state index contributed by atoms with van der Waals surface area (Å²) in [6.07, 6.45) is 11.9. The van der Waals surface area contributed by atoms with Gasteiger partial charge in [-0.15, -0.1) is 0 Å². The van der Waals surface area contributed by atoms with Crippen molar-refractivity contribution in [3.63, 3.8) is 0 Å². The molecule has 0 bridgehead atoms. The number of unbranched alkanes of at least 4 members (excludes halogenated alkanes) is 8. The number of carbonyl (C=O) groups is 1. The zero-order chi connectivity index (χ0) is 32.0. The van der Waals surface area contributed by atoms with Crippen LogP contribution in [0.15, 0.2) is 53.3 Å². The maximum atomic E-state index is 13.9. The molecule has 45 heavy (non-hydrogen) atoms. The number of hydrogen-bond donors (Lipinski definition) is 3. The maximum Gasteiger partial charge on any atom is 0.263 e. The smallest absolute Gasteiger partial charge is 0.263 e. The van der Waals surface area contributed by atoms with E-state index in [-0.39, 0.29) is 17.5 Å². The highest BCUT2D eigenvalue weighted by molar-refractivity contribution is 5.81. The molecule has 3 aromatic rings. The quantitative estimate of drug-likeness (QED) is 0.106. The molecule has 2 aromatic carbocycles. The minimum atomic E-state index is -0.311. The summed E-state index contributed by atoms with van der Waals surface area (Å²) in [5, 5.41) is 17.8. The van der Waals surface area contributed by atoms with Crippen molar-refractivity contribution >= 4 is 11.9 Å². The number of amides is 1. The first-order valence-electron chi connectivity index (χ1n) is 16.2. The molecule has 4 rings (SSSR count). The predicted molar refractivity (Wildman–Crippen MR) is 176 cm³/mol. The Kier molecular flexibility index (Phi) is 13.0. The molecule has 0 saturated carbocycles. The highest BCUT2D eigenvalue weighted by Crippen LogP contribution is 2.31. The topological polar surface area (TPSA) is 146 Å². The van der Waals surface area contributed by atoms with Crippen LogP contribution in [0.4, 0.5) is 5.95 Å². The molecular formula is C35H46N6O4. The molecule has 1 aromatic heterocycles. The van der Waals surface area contributed by atoms with Crippen LogP contribution in [0.2, 0.25) is 0 Å². The molecule has 0 spiro atoms. The van der Waals surface area contributed by atoms with Crippen LogP contribution < -0.4 is 26.4 Å². The Morgan fingerprint density at radius 2 is 1.53 bits per heavy atom. The number of nitrogens with zero attached hydrogens (tertiary/aromatic N) is 4. The Hall–Kier alpha value is -4.20. The van der Waals surface area contributed by atoms with Crippen molar-refractivity contribution in [3.05, 3.63) is 64.4 Å². The van der Waals surface area contributed by atoms with Crippen LogP contribution in [-0.4, -0.2) is 46.4 Å². The van der Waals surface area contributed by atoms with Gasteiger partial charge in [0, 0.05) is 38.2 Å². The monoisotopic (exact) mass is 614 g/mol. The van der Waals surface area contributed by atoms with Gasteiger partial charge >= 0.3 is 0 Å². The molecule has 1 aliphatic heterocycles. The lowest BCUT2D eigenvalue weighted by atomic mass is 9.99. The third-order valence-electron chi connectivity index (χ3n) is 8.46. The van der Waals surface area contributed by atoms with E-state index in [1.54, 1.807) is 29.2 Å². The number of aromatic nitrogens is 2. The van der Waals surface area contributed by atoms with Gasteiger partial charge in [0.05, 0.1) is 29.5 Å². The van der Waals surface area contributed by atoms with E-state index in [9.17, 15) is 14.9 Å². The van der Waals surface area contributed by atoms with Crippen molar-refractivity contribution < 1.29 is 14.7 Å². The van der Waals surface area contributed by atoms with Gasteiger partial charge in [0.2, 0.25) is 11.9 Å². The third-order valence-corrected chi connectivity index (χ3v) is 8.46. The van der Waals surface area contributed by atoms with Gasteiger partial charge in [-0.25, -0.2) is 10.5 Å². The van der Waals surface area contributed by atoms with Crippen molar-refractivity contribution in [3.8, 4) is 34.2 Å². The van der Waals surface area contributed by atoms with Gasteiger partial charge in [-0.3, -0.25) is 19.4 Å². The number of piperidine rings is 1. The molecule has 0 radical (unpaired) electrons. The van der Waals surface area contributed by atoms with Gasteiger partial charge in [0.15, 0.2) is 0 Å². The minimum Gasteiger partial charge on any atom is -0.494 e. The maximum absolute atomic E-state index is 13.9. The fraction of sp³-hybridized carbons (Fsp3) is 0.486. The zero-order valence-corrected chi connectivity index (χ0v) is 26.3. The highest BCUT2D eigenvalue weighted by atomic mass is 16.5. The van der Waals surface area contributed by atoms with Crippen LogP contribution in [0.3, 0.4) is 0 Å².